The molecule has 114 valence electrons. The lowest BCUT2D eigenvalue weighted by Crippen LogP contribution is -2.44. The van der Waals surface area contributed by atoms with Crippen LogP contribution in [0.1, 0.15) is 19.4 Å². The normalized spacial score (nSPS) is 25.7. The topological polar surface area (TPSA) is 41.9 Å². The van der Waals surface area contributed by atoms with Crippen molar-refractivity contribution in [1.82, 2.24) is 5.06 Å². The van der Waals surface area contributed by atoms with Crippen LogP contribution in [0.5, 0.6) is 0 Å². The lowest BCUT2D eigenvalue weighted by molar-refractivity contribution is -0.178. The quantitative estimate of drug-likeness (QED) is 0.645. The molecule has 0 unspecified atom stereocenters. The van der Waals surface area contributed by atoms with Crippen molar-refractivity contribution in [3.8, 4) is 0 Å². The van der Waals surface area contributed by atoms with Crippen LogP contribution in [0.4, 0.5) is 0 Å². The van der Waals surface area contributed by atoms with Gasteiger partial charge in [-0.3, -0.25) is 0 Å². The third-order valence-electron chi connectivity index (χ3n) is 3.51. The molecule has 1 saturated heterocycles. The van der Waals surface area contributed by atoms with E-state index in [1.807, 2.05) is 44.2 Å². The second-order valence-electron chi connectivity index (χ2n) is 5.61. The molecule has 0 aliphatic carbocycles. The van der Waals surface area contributed by atoms with E-state index in [0.717, 1.165) is 5.56 Å². The Morgan fingerprint density at radius 3 is 2.52 bits per heavy atom. The molecule has 1 aromatic rings. The first-order valence-corrected chi connectivity index (χ1v) is 7.07. The zero-order valence-electron chi connectivity index (χ0n) is 12.6. The lowest BCUT2D eigenvalue weighted by Gasteiger charge is -2.29. The first-order valence-electron chi connectivity index (χ1n) is 7.07. The third kappa shape index (κ3) is 3.80. The average molecular weight is 289 g/mol. The van der Waals surface area contributed by atoms with Gasteiger partial charge in [0.1, 0.15) is 12.2 Å². The van der Waals surface area contributed by atoms with Crippen LogP contribution in [0.15, 0.2) is 55.6 Å². The van der Waals surface area contributed by atoms with Crippen molar-refractivity contribution in [2.45, 2.75) is 44.4 Å². The van der Waals surface area contributed by atoms with Crippen LogP contribution in [0, 0.1) is 0 Å². The minimum Gasteiger partial charge on any atom is -0.342 e. The Morgan fingerprint density at radius 1 is 1.29 bits per heavy atom. The summed E-state index contributed by atoms with van der Waals surface area (Å²) in [4.78, 5) is 0. The second kappa shape index (κ2) is 6.54. The molecular weight excluding hydrogens is 266 g/mol. The van der Waals surface area contributed by atoms with Gasteiger partial charge in [0.05, 0.1) is 6.04 Å². The number of hydrogen-bond acceptors (Lipinski definition) is 4. The summed E-state index contributed by atoms with van der Waals surface area (Å²) in [5.74, 6) is -0.696. The molecule has 0 radical (unpaired) electrons. The van der Waals surface area contributed by atoms with E-state index in [2.05, 4.69) is 13.2 Å². The molecule has 0 amide bonds. The molecule has 0 bridgehead atoms. The molecule has 1 fully saturated rings. The maximum absolute atomic E-state index is 10.4. The fourth-order valence-electron chi connectivity index (χ4n) is 2.56. The van der Waals surface area contributed by atoms with Gasteiger partial charge in [-0.05, 0) is 19.4 Å². The summed E-state index contributed by atoms with van der Waals surface area (Å²) in [5, 5.41) is 11.6. The summed E-state index contributed by atoms with van der Waals surface area (Å²) in [7, 11) is 0. The van der Waals surface area contributed by atoms with E-state index in [9.17, 15) is 5.21 Å². The smallest absolute Gasteiger partial charge is 0.164 e. The molecule has 0 spiro atoms. The molecule has 1 N–H and O–H groups in total. The third-order valence-corrected chi connectivity index (χ3v) is 3.51. The molecule has 1 aliphatic rings. The molecular formula is C17H23NO3. The van der Waals surface area contributed by atoms with E-state index < -0.39 is 5.79 Å². The molecule has 0 aromatic heterocycles. The molecule has 3 atom stereocenters. The van der Waals surface area contributed by atoms with Crippen LogP contribution in [0.3, 0.4) is 0 Å². The number of ether oxygens (including phenoxy) is 2. The SMILES string of the molecule is C=C[C@H]([C@@H]1OC(C)(C)O[C@@H]1C=C)N(O)Cc1ccccc1. The molecule has 4 nitrogen and oxygen atoms in total. The highest BCUT2D eigenvalue weighted by molar-refractivity contribution is 5.15. The largest absolute Gasteiger partial charge is 0.342 e. The molecule has 4 heteroatoms. The van der Waals surface area contributed by atoms with E-state index in [1.54, 1.807) is 12.2 Å². The number of rotatable bonds is 6. The summed E-state index contributed by atoms with van der Waals surface area (Å²) < 4.78 is 11.7. The highest BCUT2D eigenvalue weighted by Crippen LogP contribution is 2.32. The van der Waals surface area contributed by atoms with Crippen molar-refractivity contribution in [2.24, 2.45) is 0 Å². The molecule has 0 saturated carbocycles. The molecule has 2 rings (SSSR count). The number of hydroxylamine groups is 2. The van der Waals surface area contributed by atoms with Crippen LogP contribution in [0.2, 0.25) is 0 Å². The fourth-order valence-corrected chi connectivity index (χ4v) is 2.56. The fraction of sp³-hybridized carbons (Fsp3) is 0.412. The Hall–Kier alpha value is -1.46. The highest BCUT2D eigenvalue weighted by atomic mass is 16.8. The lowest BCUT2D eigenvalue weighted by atomic mass is 10.0. The van der Waals surface area contributed by atoms with E-state index in [-0.39, 0.29) is 18.2 Å². The molecule has 1 aromatic carbocycles. The predicted octanol–water partition coefficient (Wildman–Crippen LogP) is 3.14. The van der Waals surface area contributed by atoms with Crippen molar-refractivity contribution < 1.29 is 14.7 Å². The minimum atomic E-state index is -0.696. The predicted molar refractivity (Wildman–Crippen MR) is 81.8 cm³/mol. The Balaban J connectivity index is 2.11. The average Bonchev–Trinajstić information content (AvgIpc) is 2.76. The van der Waals surface area contributed by atoms with Gasteiger partial charge in [0, 0.05) is 6.54 Å². The zero-order valence-corrected chi connectivity index (χ0v) is 12.6. The van der Waals surface area contributed by atoms with Gasteiger partial charge in [-0.2, -0.15) is 5.06 Å². The Morgan fingerprint density at radius 2 is 1.95 bits per heavy atom. The summed E-state index contributed by atoms with van der Waals surface area (Å²) >= 11 is 0. The Kier molecular flexibility index (Phi) is 4.96. The van der Waals surface area contributed by atoms with Crippen molar-refractivity contribution in [2.75, 3.05) is 0 Å². The molecule has 1 heterocycles. The number of nitrogens with zero attached hydrogens (tertiary/aromatic N) is 1. The summed E-state index contributed by atoms with van der Waals surface area (Å²) in [6.07, 6.45) is 2.75. The van der Waals surface area contributed by atoms with Crippen molar-refractivity contribution in [3.63, 3.8) is 0 Å². The van der Waals surface area contributed by atoms with E-state index in [1.165, 1.54) is 5.06 Å². The maximum Gasteiger partial charge on any atom is 0.164 e. The van der Waals surface area contributed by atoms with Crippen molar-refractivity contribution in [3.05, 3.63) is 61.2 Å². The van der Waals surface area contributed by atoms with Gasteiger partial charge in [-0.1, -0.05) is 42.5 Å². The van der Waals surface area contributed by atoms with E-state index in [4.69, 9.17) is 9.47 Å². The van der Waals surface area contributed by atoms with Gasteiger partial charge in [-0.15, -0.1) is 13.2 Å². The number of benzene rings is 1. The van der Waals surface area contributed by atoms with Crippen LogP contribution in [-0.4, -0.2) is 34.3 Å². The first kappa shape index (κ1) is 15.9. The maximum atomic E-state index is 10.4. The van der Waals surface area contributed by atoms with Gasteiger partial charge in [0.25, 0.3) is 0 Å². The van der Waals surface area contributed by atoms with Crippen LogP contribution < -0.4 is 0 Å². The van der Waals surface area contributed by atoms with Crippen LogP contribution in [0.25, 0.3) is 0 Å². The van der Waals surface area contributed by atoms with Gasteiger partial charge in [0.2, 0.25) is 0 Å². The monoisotopic (exact) mass is 289 g/mol. The van der Waals surface area contributed by atoms with Crippen molar-refractivity contribution >= 4 is 0 Å². The van der Waals surface area contributed by atoms with Crippen molar-refractivity contribution in [1.29, 1.82) is 0 Å². The molecule has 1 aliphatic heterocycles. The van der Waals surface area contributed by atoms with E-state index in [0.29, 0.717) is 6.54 Å². The van der Waals surface area contributed by atoms with E-state index >= 15 is 0 Å². The van der Waals surface area contributed by atoms with Crippen LogP contribution in [-0.2, 0) is 16.0 Å². The van der Waals surface area contributed by atoms with Gasteiger partial charge >= 0.3 is 0 Å². The molecule has 21 heavy (non-hydrogen) atoms. The minimum absolute atomic E-state index is 0.284. The Labute approximate surface area is 126 Å². The summed E-state index contributed by atoms with van der Waals surface area (Å²) in [6.45, 7) is 11.7. The second-order valence-corrected chi connectivity index (χ2v) is 5.61. The standard InChI is InChI=1S/C17H23NO3/c1-5-14(16-15(6-2)20-17(3,4)21-16)18(19)12-13-10-8-7-9-11-13/h5-11,14-16,19H,1-2,12H2,3-4H3/t14-,15-,16+/m1/s1. The summed E-state index contributed by atoms with van der Waals surface area (Å²) in [5.41, 5.74) is 1.01. The van der Waals surface area contributed by atoms with Gasteiger partial charge in [-0.25, -0.2) is 0 Å². The van der Waals surface area contributed by atoms with Gasteiger partial charge < -0.3 is 14.7 Å². The van der Waals surface area contributed by atoms with Gasteiger partial charge in [0.15, 0.2) is 5.79 Å². The first-order chi connectivity index (χ1) is 9.96. The number of hydrogen-bond donors (Lipinski definition) is 1. The zero-order chi connectivity index (χ0) is 15.5. The Bertz CT molecular complexity index is 486. The highest BCUT2D eigenvalue weighted by Gasteiger charge is 2.44. The summed E-state index contributed by atoms with van der Waals surface area (Å²) in [6, 6.07) is 9.37. The van der Waals surface area contributed by atoms with Crippen LogP contribution >= 0.6 is 0 Å².